The second-order valence-electron chi connectivity index (χ2n) is 4.38. The lowest BCUT2D eigenvalue weighted by molar-refractivity contribution is 0.404. The maximum atomic E-state index is 6.02. The summed E-state index contributed by atoms with van der Waals surface area (Å²) in [5.41, 5.74) is 2.14. The van der Waals surface area contributed by atoms with E-state index in [1.54, 1.807) is 14.2 Å². The lowest BCUT2D eigenvalue weighted by Crippen LogP contribution is -2.18. The normalized spacial score (nSPS) is 12.0. The zero-order valence-corrected chi connectivity index (χ0v) is 12.6. The van der Waals surface area contributed by atoms with Crippen LogP contribution < -0.4 is 14.8 Å². The maximum absolute atomic E-state index is 6.02. The van der Waals surface area contributed by atoms with E-state index in [1.807, 2.05) is 43.4 Å². The van der Waals surface area contributed by atoms with Crippen LogP contribution in [0.15, 0.2) is 42.5 Å². The SMILES string of the molecule is CNC(c1cccc(OC)c1)c1ccc(Cl)cc1OC. The molecule has 0 radical (unpaired) electrons. The molecule has 0 heterocycles. The number of halogens is 1. The highest BCUT2D eigenvalue weighted by Crippen LogP contribution is 2.33. The standard InChI is InChI=1S/C16H18ClNO2/c1-18-16(11-5-4-6-13(9-11)19-2)14-8-7-12(17)10-15(14)20-3/h4-10,16,18H,1-3H3. The third-order valence-electron chi connectivity index (χ3n) is 3.22. The van der Waals surface area contributed by atoms with Gasteiger partial charge < -0.3 is 14.8 Å². The third kappa shape index (κ3) is 3.06. The van der Waals surface area contributed by atoms with Crippen molar-refractivity contribution in [2.45, 2.75) is 6.04 Å². The van der Waals surface area contributed by atoms with Crippen molar-refractivity contribution in [3.8, 4) is 11.5 Å². The average Bonchev–Trinajstić information content (AvgIpc) is 2.49. The van der Waals surface area contributed by atoms with Gasteiger partial charge in [-0.3, -0.25) is 0 Å². The van der Waals surface area contributed by atoms with Gasteiger partial charge in [-0.1, -0.05) is 29.8 Å². The Morgan fingerprint density at radius 2 is 1.85 bits per heavy atom. The largest absolute Gasteiger partial charge is 0.497 e. The van der Waals surface area contributed by atoms with Gasteiger partial charge in [0.1, 0.15) is 11.5 Å². The van der Waals surface area contributed by atoms with Crippen LogP contribution in [0.1, 0.15) is 17.2 Å². The maximum Gasteiger partial charge on any atom is 0.125 e. The van der Waals surface area contributed by atoms with Gasteiger partial charge in [-0.25, -0.2) is 0 Å². The molecule has 0 saturated heterocycles. The van der Waals surface area contributed by atoms with Crippen LogP contribution in [0.5, 0.6) is 11.5 Å². The van der Waals surface area contributed by atoms with E-state index in [0.29, 0.717) is 5.02 Å². The van der Waals surface area contributed by atoms with Gasteiger partial charge in [0.25, 0.3) is 0 Å². The van der Waals surface area contributed by atoms with Gasteiger partial charge in [0, 0.05) is 10.6 Å². The minimum atomic E-state index is 0.0114. The zero-order valence-electron chi connectivity index (χ0n) is 11.8. The van der Waals surface area contributed by atoms with Crippen molar-refractivity contribution in [2.24, 2.45) is 0 Å². The van der Waals surface area contributed by atoms with Crippen LogP contribution in [-0.2, 0) is 0 Å². The van der Waals surface area contributed by atoms with E-state index in [-0.39, 0.29) is 6.04 Å². The van der Waals surface area contributed by atoms with Crippen molar-refractivity contribution in [3.05, 3.63) is 58.6 Å². The van der Waals surface area contributed by atoms with E-state index in [0.717, 1.165) is 22.6 Å². The molecule has 0 aromatic heterocycles. The molecule has 0 saturated carbocycles. The summed E-state index contributed by atoms with van der Waals surface area (Å²) in [6.45, 7) is 0. The predicted octanol–water partition coefficient (Wildman–Crippen LogP) is 3.67. The fourth-order valence-electron chi connectivity index (χ4n) is 2.25. The third-order valence-corrected chi connectivity index (χ3v) is 3.46. The molecule has 1 unspecified atom stereocenters. The van der Waals surface area contributed by atoms with Crippen LogP contribution in [0.25, 0.3) is 0 Å². The molecule has 2 aromatic carbocycles. The number of rotatable bonds is 5. The highest BCUT2D eigenvalue weighted by atomic mass is 35.5. The highest BCUT2D eigenvalue weighted by molar-refractivity contribution is 6.30. The molecular formula is C16H18ClNO2. The second-order valence-corrected chi connectivity index (χ2v) is 4.82. The van der Waals surface area contributed by atoms with Crippen LogP contribution in [0.3, 0.4) is 0 Å². The van der Waals surface area contributed by atoms with Crippen molar-refractivity contribution < 1.29 is 9.47 Å². The van der Waals surface area contributed by atoms with Gasteiger partial charge in [-0.15, -0.1) is 0 Å². The average molecular weight is 292 g/mol. The highest BCUT2D eigenvalue weighted by Gasteiger charge is 2.17. The summed E-state index contributed by atoms with van der Waals surface area (Å²) in [6, 6.07) is 13.6. The first-order valence-electron chi connectivity index (χ1n) is 6.34. The minimum Gasteiger partial charge on any atom is -0.497 e. The number of nitrogens with one attached hydrogen (secondary N) is 1. The number of methoxy groups -OCH3 is 2. The lowest BCUT2D eigenvalue weighted by Gasteiger charge is -2.20. The summed E-state index contributed by atoms with van der Waals surface area (Å²) in [7, 11) is 5.22. The fraction of sp³-hybridized carbons (Fsp3) is 0.250. The van der Waals surface area contributed by atoms with Crippen LogP contribution >= 0.6 is 11.6 Å². The van der Waals surface area contributed by atoms with Gasteiger partial charge >= 0.3 is 0 Å². The Morgan fingerprint density at radius 3 is 2.50 bits per heavy atom. The van der Waals surface area contributed by atoms with E-state index in [2.05, 4.69) is 11.4 Å². The molecule has 3 nitrogen and oxygen atoms in total. The molecule has 0 aliphatic heterocycles. The minimum absolute atomic E-state index is 0.0114. The van der Waals surface area contributed by atoms with Crippen LogP contribution in [-0.4, -0.2) is 21.3 Å². The van der Waals surface area contributed by atoms with Crippen molar-refractivity contribution in [3.63, 3.8) is 0 Å². The van der Waals surface area contributed by atoms with Crippen LogP contribution in [0, 0.1) is 0 Å². The molecule has 4 heteroatoms. The Bertz CT molecular complexity index is 586. The van der Waals surface area contributed by atoms with Gasteiger partial charge in [-0.05, 0) is 36.9 Å². The molecule has 0 fully saturated rings. The van der Waals surface area contributed by atoms with Crippen LogP contribution in [0.2, 0.25) is 5.02 Å². The Labute approximate surface area is 124 Å². The van der Waals surface area contributed by atoms with Gasteiger partial charge in [0.05, 0.1) is 20.3 Å². The number of ether oxygens (including phenoxy) is 2. The van der Waals surface area contributed by atoms with Crippen molar-refractivity contribution in [2.75, 3.05) is 21.3 Å². The van der Waals surface area contributed by atoms with Gasteiger partial charge in [0.15, 0.2) is 0 Å². The molecule has 1 N–H and O–H groups in total. The molecule has 2 rings (SSSR count). The zero-order chi connectivity index (χ0) is 14.5. The lowest BCUT2D eigenvalue weighted by atomic mass is 9.98. The first-order chi connectivity index (χ1) is 9.69. The van der Waals surface area contributed by atoms with Crippen molar-refractivity contribution >= 4 is 11.6 Å². The predicted molar refractivity (Wildman–Crippen MR) is 81.9 cm³/mol. The van der Waals surface area contributed by atoms with E-state index in [9.17, 15) is 0 Å². The van der Waals surface area contributed by atoms with E-state index < -0.39 is 0 Å². The Balaban J connectivity index is 2.46. The van der Waals surface area contributed by atoms with Gasteiger partial charge in [-0.2, -0.15) is 0 Å². The number of hydrogen-bond donors (Lipinski definition) is 1. The van der Waals surface area contributed by atoms with Crippen LogP contribution in [0.4, 0.5) is 0 Å². The Kier molecular flexibility index (Phi) is 4.88. The summed E-state index contributed by atoms with van der Waals surface area (Å²) in [6.07, 6.45) is 0. The number of hydrogen-bond acceptors (Lipinski definition) is 3. The first kappa shape index (κ1) is 14.7. The molecule has 0 aliphatic carbocycles. The molecule has 0 bridgehead atoms. The van der Waals surface area contributed by atoms with Crippen molar-refractivity contribution in [1.82, 2.24) is 5.32 Å². The first-order valence-corrected chi connectivity index (χ1v) is 6.72. The van der Waals surface area contributed by atoms with Crippen molar-refractivity contribution in [1.29, 1.82) is 0 Å². The summed E-state index contributed by atoms with van der Waals surface area (Å²) in [5.74, 6) is 1.59. The topological polar surface area (TPSA) is 30.5 Å². The Hall–Kier alpha value is -1.71. The second kappa shape index (κ2) is 6.64. The van der Waals surface area contributed by atoms with Gasteiger partial charge in [0.2, 0.25) is 0 Å². The molecule has 0 spiro atoms. The fourth-order valence-corrected chi connectivity index (χ4v) is 2.41. The molecule has 0 aliphatic rings. The molecular weight excluding hydrogens is 274 g/mol. The summed E-state index contributed by atoms with van der Waals surface area (Å²) in [4.78, 5) is 0. The van der Waals surface area contributed by atoms with E-state index in [4.69, 9.17) is 21.1 Å². The molecule has 2 aromatic rings. The monoisotopic (exact) mass is 291 g/mol. The molecule has 0 amide bonds. The Morgan fingerprint density at radius 1 is 1.05 bits per heavy atom. The number of benzene rings is 2. The quantitative estimate of drug-likeness (QED) is 0.912. The summed E-state index contributed by atoms with van der Waals surface area (Å²) >= 11 is 6.02. The summed E-state index contributed by atoms with van der Waals surface area (Å²) < 4.78 is 10.7. The summed E-state index contributed by atoms with van der Waals surface area (Å²) in [5, 5.41) is 3.96. The molecule has 20 heavy (non-hydrogen) atoms. The molecule has 1 atom stereocenters. The smallest absolute Gasteiger partial charge is 0.125 e. The van der Waals surface area contributed by atoms with E-state index >= 15 is 0 Å². The van der Waals surface area contributed by atoms with E-state index in [1.165, 1.54) is 0 Å². The molecule has 106 valence electrons.